The summed E-state index contributed by atoms with van der Waals surface area (Å²) in [6.07, 6.45) is 0.554. The summed E-state index contributed by atoms with van der Waals surface area (Å²) in [4.78, 5) is 0. The van der Waals surface area contributed by atoms with Crippen molar-refractivity contribution < 1.29 is 9.84 Å². The van der Waals surface area contributed by atoms with Crippen LogP contribution in [0.2, 0.25) is 19.1 Å². The Labute approximate surface area is 187 Å². The number of hydrogen-bond acceptors (Lipinski definition) is 2. The fourth-order valence-corrected chi connectivity index (χ4v) is 10.1. The molecule has 0 radical (unpaired) electrons. The first-order chi connectivity index (χ1) is 14.9. The smallest absolute Gasteiger partial charge is 0.0724 e. The molecule has 31 heavy (non-hydrogen) atoms. The molecule has 3 heteroatoms. The maximum absolute atomic E-state index is 10.5. The van der Waals surface area contributed by atoms with Crippen LogP contribution in [0.1, 0.15) is 30.0 Å². The molecule has 1 N–H and O–H groups in total. The van der Waals surface area contributed by atoms with Crippen molar-refractivity contribution in [1.29, 1.82) is 0 Å². The molecule has 0 spiro atoms. The summed E-state index contributed by atoms with van der Waals surface area (Å²) in [5.41, 5.74) is 4.02. The van der Waals surface area contributed by atoms with Crippen LogP contribution in [0.4, 0.5) is 0 Å². The minimum absolute atomic E-state index is 0.100. The van der Waals surface area contributed by atoms with E-state index in [0.29, 0.717) is 6.61 Å². The number of benzene rings is 3. The molecule has 1 fully saturated rings. The third kappa shape index (κ3) is 4.15. The third-order valence-electron chi connectivity index (χ3n) is 7.13. The Morgan fingerprint density at radius 2 is 1.23 bits per heavy atom. The van der Waals surface area contributed by atoms with E-state index in [2.05, 4.69) is 111 Å². The molecule has 0 amide bonds. The molecule has 1 saturated heterocycles. The van der Waals surface area contributed by atoms with E-state index in [1.807, 2.05) is 0 Å². The van der Waals surface area contributed by atoms with Crippen molar-refractivity contribution in [3.8, 4) is 0 Å². The Bertz CT molecular complexity index is 859. The largest absolute Gasteiger partial charge is 0.393 e. The first kappa shape index (κ1) is 22.0. The lowest BCUT2D eigenvalue weighted by atomic mass is 9.83. The molecule has 0 bridgehead atoms. The quantitative estimate of drug-likeness (QED) is 0.381. The van der Waals surface area contributed by atoms with E-state index in [1.54, 1.807) is 0 Å². The van der Waals surface area contributed by atoms with Crippen LogP contribution in [0, 0.1) is 5.92 Å². The van der Waals surface area contributed by atoms with Crippen molar-refractivity contribution in [1.82, 2.24) is 0 Å². The summed E-state index contributed by atoms with van der Waals surface area (Å²) in [6, 6.07) is 33.9. The Morgan fingerprint density at radius 1 is 0.806 bits per heavy atom. The molecule has 1 heterocycles. The highest BCUT2D eigenvalue weighted by Crippen LogP contribution is 2.49. The molecule has 2 nitrogen and oxygen atoms in total. The molecule has 3 aromatic carbocycles. The normalized spacial score (nSPS) is 22.3. The number of ether oxygens (including phenoxy) is 1. The van der Waals surface area contributed by atoms with E-state index in [1.165, 1.54) is 16.7 Å². The molecular weight excluding hydrogens is 396 g/mol. The van der Waals surface area contributed by atoms with Crippen LogP contribution in [0.25, 0.3) is 0 Å². The summed E-state index contributed by atoms with van der Waals surface area (Å²) in [6.45, 7) is 7.71. The van der Waals surface area contributed by atoms with Crippen molar-refractivity contribution >= 4 is 8.07 Å². The third-order valence-corrected chi connectivity index (χ3v) is 11.5. The summed E-state index contributed by atoms with van der Waals surface area (Å²) in [7, 11) is -2.08. The van der Waals surface area contributed by atoms with Gasteiger partial charge in [-0.1, -0.05) is 111 Å². The van der Waals surface area contributed by atoms with Gasteiger partial charge in [0.05, 0.1) is 26.9 Å². The molecule has 0 aromatic heterocycles. The Balaban J connectivity index is 1.89. The zero-order chi connectivity index (χ0) is 21.9. The average Bonchev–Trinajstić information content (AvgIpc) is 2.79. The average molecular weight is 431 g/mol. The van der Waals surface area contributed by atoms with Crippen molar-refractivity contribution in [3.63, 3.8) is 0 Å². The van der Waals surface area contributed by atoms with Crippen molar-refractivity contribution in [2.45, 2.75) is 49.7 Å². The minimum Gasteiger partial charge on any atom is -0.393 e. The minimum atomic E-state index is -2.08. The monoisotopic (exact) mass is 430 g/mol. The predicted octanol–water partition coefficient (Wildman–Crippen LogP) is 6.05. The van der Waals surface area contributed by atoms with Crippen LogP contribution in [0.15, 0.2) is 91.0 Å². The van der Waals surface area contributed by atoms with Crippen molar-refractivity contribution in [2.24, 2.45) is 5.92 Å². The van der Waals surface area contributed by atoms with E-state index in [0.717, 1.165) is 12.5 Å². The lowest BCUT2D eigenvalue weighted by molar-refractivity contribution is -0.0701. The van der Waals surface area contributed by atoms with Crippen molar-refractivity contribution in [2.75, 3.05) is 6.61 Å². The number of aliphatic hydroxyl groups excluding tert-OH is 1. The Kier molecular flexibility index (Phi) is 6.47. The number of rotatable bonds is 6. The van der Waals surface area contributed by atoms with Crippen LogP contribution in [0.3, 0.4) is 0 Å². The standard InChI is InChI=1S/C28H34O2Si/c1-22-20-30-26(19-27(22)29)21-31(2,3)28(23-13-7-4-8-14-23,24-15-9-5-10-16-24)25-17-11-6-12-18-25/h4-18,22,26-27,29H,19-21H2,1-3H3/t22-,26-,27-/m0/s1. The van der Waals surface area contributed by atoms with Gasteiger partial charge in [0.15, 0.2) is 0 Å². The highest BCUT2D eigenvalue weighted by atomic mass is 28.3. The molecule has 0 saturated carbocycles. The van der Waals surface area contributed by atoms with Gasteiger partial charge >= 0.3 is 0 Å². The van der Waals surface area contributed by atoms with E-state index >= 15 is 0 Å². The fraction of sp³-hybridized carbons (Fsp3) is 0.357. The summed E-state index contributed by atoms with van der Waals surface area (Å²) in [5.74, 6) is 0.211. The molecule has 0 aliphatic carbocycles. The van der Waals surface area contributed by atoms with Gasteiger partial charge in [0.2, 0.25) is 0 Å². The number of hydrogen-bond donors (Lipinski definition) is 1. The van der Waals surface area contributed by atoms with E-state index in [-0.39, 0.29) is 23.2 Å². The van der Waals surface area contributed by atoms with Crippen LogP contribution >= 0.6 is 0 Å². The second-order valence-corrected chi connectivity index (χ2v) is 14.6. The van der Waals surface area contributed by atoms with Gasteiger partial charge in [0.1, 0.15) is 0 Å². The Hall–Kier alpha value is -2.20. The summed E-state index contributed by atoms with van der Waals surface area (Å²) < 4.78 is 6.27. The lowest BCUT2D eigenvalue weighted by Gasteiger charge is -2.49. The maximum Gasteiger partial charge on any atom is 0.0724 e. The van der Waals surface area contributed by atoms with Crippen LogP contribution < -0.4 is 0 Å². The molecule has 4 rings (SSSR count). The Morgan fingerprint density at radius 3 is 1.61 bits per heavy atom. The van der Waals surface area contributed by atoms with Gasteiger partial charge in [-0.05, 0) is 29.2 Å². The fourth-order valence-electron chi connectivity index (χ4n) is 5.57. The molecule has 1 aliphatic rings. The van der Waals surface area contributed by atoms with Crippen LogP contribution in [-0.4, -0.2) is 32.0 Å². The second kappa shape index (κ2) is 9.11. The highest BCUT2D eigenvalue weighted by Gasteiger charge is 2.51. The predicted molar refractivity (Wildman–Crippen MR) is 131 cm³/mol. The highest BCUT2D eigenvalue weighted by molar-refractivity contribution is 6.82. The van der Waals surface area contributed by atoms with Crippen LogP contribution in [-0.2, 0) is 9.78 Å². The van der Waals surface area contributed by atoms with Gasteiger partial charge in [0, 0.05) is 11.0 Å². The molecule has 1 aliphatic heterocycles. The SMILES string of the molecule is C[C@H]1CO[C@H](C[Si](C)(C)C(c2ccccc2)(c2ccccc2)c2ccccc2)C[C@@H]1O. The first-order valence-electron chi connectivity index (χ1n) is 11.4. The zero-order valence-corrected chi connectivity index (χ0v) is 19.9. The molecule has 3 atom stereocenters. The summed E-state index contributed by atoms with van der Waals surface area (Å²) >= 11 is 0. The summed E-state index contributed by atoms with van der Waals surface area (Å²) in [5, 5.41) is 10.3. The zero-order valence-electron chi connectivity index (χ0n) is 18.9. The van der Waals surface area contributed by atoms with Crippen molar-refractivity contribution in [3.05, 3.63) is 108 Å². The van der Waals surface area contributed by atoms with E-state index < -0.39 is 8.07 Å². The molecule has 0 unspecified atom stereocenters. The van der Waals surface area contributed by atoms with Gasteiger partial charge in [0.25, 0.3) is 0 Å². The molecule has 162 valence electrons. The van der Waals surface area contributed by atoms with Gasteiger partial charge in [-0.15, -0.1) is 0 Å². The first-order valence-corrected chi connectivity index (χ1v) is 14.6. The number of aliphatic hydroxyl groups is 1. The van der Waals surface area contributed by atoms with Gasteiger partial charge < -0.3 is 9.84 Å². The lowest BCUT2D eigenvalue weighted by Crippen LogP contribution is -2.56. The van der Waals surface area contributed by atoms with E-state index in [9.17, 15) is 5.11 Å². The van der Waals surface area contributed by atoms with Crippen LogP contribution in [0.5, 0.6) is 0 Å². The molecule has 3 aromatic rings. The van der Waals surface area contributed by atoms with Gasteiger partial charge in [-0.3, -0.25) is 0 Å². The topological polar surface area (TPSA) is 29.5 Å². The van der Waals surface area contributed by atoms with Gasteiger partial charge in [-0.2, -0.15) is 0 Å². The second-order valence-electron chi connectivity index (χ2n) is 9.67. The molecular formula is C28H34O2Si. The van der Waals surface area contributed by atoms with E-state index in [4.69, 9.17) is 4.74 Å². The van der Waals surface area contributed by atoms with Gasteiger partial charge in [-0.25, -0.2) is 0 Å². The maximum atomic E-state index is 10.5.